The summed E-state index contributed by atoms with van der Waals surface area (Å²) < 4.78 is 36.6. The van der Waals surface area contributed by atoms with E-state index < -0.39 is 5.97 Å². The number of esters is 1. The molecule has 3 rings (SSSR count). The van der Waals surface area contributed by atoms with Crippen molar-refractivity contribution in [3.8, 4) is 33.8 Å². The average Bonchev–Trinajstić information content (AvgIpc) is 2.89. The number of carbonyl (C=O) groups excluding carboxylic acids is 1. The molecule has 0 bridgehead atoms. The van der Waals surface area contributed by atoms with Crippen molar-refractivity contribution < 1.29 is 28.1 Å². The van der Waals surface area contributed by atoms with Gasteiger partial charge in [-0.1, -0.05) is 55.1 Å². The lowest BCUT2D eigenvalue weighted by Gasteiger charge is -2.10. The summed E-state index contributed by atoms with van der Waals surface area (Å²) in [6.07, 6.45) is 3.88. The van der Waals surface area contributed by atoms with Gasteiger partial charge in [0.25, 0.3) is 0 Å². The topological polar surface area (TPSA) is 54.0 Å². The number of hydrogen-bond donors (Lipinski definition) is 0. The largest absolute Gasteiger partial charge is 0.491 e. The van der Waals surface area contributed by atoms with Crippen LogP contribution >= 0.6 is 0 Å². The van der Waals surface area contributed by atoms with Crippen LogP contribution in [0.1, 0.15) is 13.8 Å². The highest BCUT2D eigenvalue weighted by Crippen LogP contribution is 2.30. The van der Waals surface area contributed by atoms with Gasteiger partial charge in [0.2, 0.25) is 0 Å². The molecule has 0 spiro atoms. The van der Waals surface area contributed by atoms with Gasteiger partial charge in [0.1, 0.15) is 37.1 Å². The van der Waals surface area contributed by atoms with Gasteiger partial charge in [-0.05, 0) is 60.9 Å². The van der Waals surface area contributed by atoms with Crippen LogP contribution in [0.25, 0.3) is 22.3 Å². The Hall–Kier alpha value is -3.90. The predicted molar refractivity (Wildman–Crippen MR) is 140 cm³/mol. The summed E-state index contributed by atoms with van der Waals surface area (Å²) in [4.78, 5) is 11.4. The second-order valence-electron chi connectivity index (χ2n) is 8.00. The SMILES string of the molecule is C=C(C)C(=O)OCCOc1ccc(-c2ccc(-c3ccc(OCCOC/C=C/C)cc3)c(F)c2)cc1. The molecular weight excluding hydrogens is 459 g/mol. The molecule has 6 heteroatoms. The summed E-state index contributed by atoms with van der Waals surface area (Å²) in [5, 5.41) is 0. The second kappa shape index (κ2) is 13.9. The minimum absolute atomic E-state index is 0.137. The van der Waals surface area contributed by atoms with Crippen molar-refractivity contribution in [1.29, 1.82) is 0 Å². The van der Waals surface area contributed by atoms with Crippen molar-refractivity contribution in [2.24, 2.45) is 0 Å². The average molecular weight is 491 g/mol. The van der Waals surface area contributed by atoms with Crippen LogP contribution in [0.5, 0.6) is 11.5 Å². The molecule has 0 heterocycles. The lowest BCUT2D eigenvalue weighted by molar-refractivity contribution is -0.139. The molecule has 0 saturated heterocycles. The summed E-state index contributed by atoms with van der Waals surface area (Å²) in [6, 6.07) is 19.8. The maximum Gasteiger partial charge on any atom is 0.333 e. The summed E-state index contributed by atoms with van der Waals surface area (Å²) in [6.45, 7) is 8.96. The van der Waals surface area contributed by atoms with Gasteiger partial charge in [0.15, 0.2) is 0 Å². The molecule has 0 aromatic heterocycles. The first-order valence-electron chi connectivity index (χ1n) is 11.8. The number of hydrogen-bond acceptors (Lipinski definition) is 5. The van der Waals surface area contributed by atoms with E-state index in [-0.39, 0.29) is 19.0 Å². The van der Waals surface area contributed by atoms with Gasteiger partial charge in [-0.2, -0.15) is 0 Å². The Bertz CT molecular complexity index is 1170. The Kier molecular flexibility index (Phi) is 10.3. The van der Waals surface area contributed by atoms with Crippen molar-refractivity contribution >= 4 is 5.97 Å². The molecule has 0 aliphatic heterocycles. The number of benzene rings is 3. The Morgan fingerprint density at radius 1 is 0.833 bits per heavy atom. The Morgan fingerprint density at radius 2 is 1.42 bits per heavy atom. The number of allylic oxidation sites excluding steroid dienone is 1. The van der Waals surface area contributed by atoms with Crippen molar-refractivity contribution in [2.75, 3.05) is 33.0 Å². The number of ether oxygens (including phenoxy) is 4. The normalized spacial score (nSPS) is 10.9. The van der Waals surface area contributed by atoms with E-state index in [4.69, 9.17) is 18.9 Å². The molecule has 0 N–H and O–H groups in total. The van der Waals surface area contributed by atoms with Crippen LogP contribution in [-0.2, 0) is 14.3 Å². The number of carbonyl (C=O) groups is 1. The van der Waals surface area contributed by atoms with Crippen LogP contribution in [0.3, 0.4) is 0 Å². The number of rotatable bonds is 13. The highest BCUT2D eigenvalue weighted by atomic mass is 19.1. The quantitative estimate of drug-likeness (QED) is 0.117. The molecule has 36 heavy (non-hydrogen) atoms. The molecule has 0 saturated carbocycles. The fraction of sp³-hybridized carbons (Fsp3) is 0.233. The number of halogens is 1. The molecule has 0 unspecified atom stereocenters. The standard InChI is InChI=1S/C30H31FO5/c1-4-5-16-33-17-18-34-27-13-8-24(9-14-27)28-15-10-25(21-29(28)31)23-6-11-26(12-7-23)35-19-20-36-30(32)22(2)3/h4-15,21H,2,16-20H2,1,3H3/b5-4+. The molecule has 5 nitrogen and oxygen atoms in total. The van der Waals surface area contributed by atoms with E-state index >= 15 is 0 Å². The van der Waals surface area contributed by atoms with Gasteiger partial charge >= 0.3 is 5.97 Å². The van der Waals surface area contributed by atoms with E-state index in [2.05, 4.69) is 6.58 Å². The van der Waals surface area contributed by atoms with Crippen LogP contribution in [-0.4, -0.2) is 39.0 Å². The molecule has 0 aliphatic rings. The van der Waals surface area contributed by atoms with E-state index in [1.54, 1.807) is 25.1 Å². The summed E-state index contributed by atoms with van der Waals surface area (Å²) >= 11 is 0. The monoisotopic (exact) mass is 490 g/mol. The first kappa shape index (κ1) is 26.7. The van der Waals surface area contributed by atoms with Gasteiger partial charge in [-0.25, -0.2) is 9.18 Å². The summed E-state index contributed by atoms with van der Waals surface area (Å²) in [5.74, 6) is 0.596. The smallest absolute Gasteiger partial charge is 0.333 e. The highest BCUT2D eigenvalue weighted by molar-refractivity contribution is 5.86. The van der Waals surface area contributed by atoms with Gasteiger partial charge in [0.05, 0.1) is 13.2 Å². The van der Waals surface area contributed by atoms with E-state index in [1.165, 1.54) is 6.07 Å². The van der Waals surface area contributed by atoms with Crippen molar-refractivity contribution in [3.05, 3.63) is 96.9 Å². The molecule has 0 atom stereocenters. The summed E-state index contributed by atoms with van der Waals surface area (Å²) in [7, 11) is 0. The van der Waals surface area contributed by atoms with Crippen LogP contribution in [0.4, 0.5) is 4.39 Å². The minimum atomic E-state index is -0.440. The third-order valence-corrected chi connectivity index (χ3v) is 5.20. The fourth-order valence-electron chi connectivity index (χ4n) is 3.29. The second-order valence-corrected chi connectivity index (χ2v) is 8.00. The van der Waals surface area contributed by atoms with Crippen molar-refractivity contribution in [3.63, 3.8) is 0 Å². The lowest BCUT2D eigenvalue weighted by atomic mass is 9.99. The predicted octanol–water partition coefficient (Wildman–Crippen LogP) is 6.63. The van der Waals surface area contributed by atoms with Crippen LogP contribution in [0, 0.1) is 5.82 Å². The molecule has 188 valence electrons. The zero-order chi connectivity index (χ0) is 25.8. The lowest BCUT2D eigenvalue weighted by Crippen LogP contribution is -2.12. The third-order valence-electron chi connectivity index (χ3n) is 5.20. The van der Waals surface area contributed by atoms with Gasteiger partial charge in [-0.3, -0.25) is 0 Å². The molecule has 0 radical (unpaired) electrons. The molecule has 3 aromatic carbocycles. The summed E-state index contributed by atoms with van der Waals surface area (Å²) in [5.41, 5.74) is 3.26. The minimum Gasteiger partial charge on any atom is -0.491 e. The van der Waals surface area contributed by atoms with E-state index in [0.717, 1.165) is 16.7 Å². The maximum absolute atomic E-state index is 15.0. The Balaban J connectivity index is 1.54. The zero-order valence-electron chi connectivity index (χ0n) is 20.7. The van der Waals surface area contributed by atoms with E-state index in [1.807, 2.05) is 61.5 Å². The Labute approximate surface area is 211 Å². The van der Waals surface area contributed by atoms with Gasteiger partial charge in [0, 0.05) is 11.1 Å². The van der Waals surface area contributed by atoms with Crippen LogP contribution in [0.2, 0.25) is 0 Å². The first-order chi connectivity index (χ1) is 17.5. The molecule has 3 aromatic rings. The first-order valence-corrected chi connectivity index (χ1v) is 11.8. The third kappa shape index (κ3) is 8.10. The van der Waals surface area contributed by atoms with Crippen LogP contribution in [0.15, 0.2) is 91.0 Å². The maximum atomic E-state index is 15.0. The van der Waals surface area contributed by atoms with Crippen molar-refractivity contribution in [1.82, 2.24) is 0 Å². The zero-order valence-corrected chi connectivity index (χ0v) is 20.7. The van der Waals surface area contributed by atoms with E-state index in [9.17, 15) is 9.18 Å². The molecule has 0 amide bonds. The van der Waals surface area contributed by atoms with E-state index in [0.29, 0.717) is 42.5 Å². The molecular formula is C30H31FO5. The van der Waals surface area contributed by atoms with Gasteiger partial charge in [-0.15, -0.1) is 0 Å². The van der Waals surface area contributed by atoms with Gasteiger partial charge < -0.3 is 18.9 Å². The van der Waals surface area contributed by atoms with Crippen molar-refractivity contribution in [2.45, 2.75) is 13.8 Å². The molecule has 0 fully saturated rings. The fourth-order valence-corrected chi connectivity index (χ4v) is 3.29. The van der Waals surface area contributed by atoms with Crippen LogP contribution < -0.4 is 9.47 Å². The Morgan fingerprint density at radius 3 is 2.00 bits per heavy atom. The molecule has 0 aliphatic carbocycles. The highest BCUT2D eigenvalue weighted by Gasteiger charge is 2.09.